The third-order valence-electron chi connectivity index (χ3n) is 5.24. The van der Waals surface area contributed by atoms with Crippen molar-refractivity contribution in [2.75, 3.05) is 10.0 Å². The van der Waals surface area contributed by atoms with E-state index in [-0.39, 0.29) is 16.2 Å². The topological polar surface area (TPSA) is 118 Å². The second kappa shape index (κ2) is 11.2. The van der Waals surface area contributed by atoms with E-state index in [1.165, 1.54) is 36.4 Å². The molecule has 0 unspecified atom stereocenters. The minimum absolute atomic E-state index is 0.0313. The number of amides is 1. The maximum atomic E-state index is 13.2. The molecule has 37 heavy (non-hydrogen) atoms. The second-order valence-corrected chi connectivity index (χ2v) is 10.5. The average Bonchev–Trinajstić information content (AvgIpc) is 2.89. The molecule has 0 heterocycles. The Labute approximate surface area is 222 Å². The fourth-order valence-electron chi connectivity index (χ4n) is 3.44. The molecule has 0 aliphatic heterocycles. The zero-order chi connectivity index (χ0) is 26.4. The average molecular weight is 578 g/mol. The van der Waals surface area contributed by atoms with Gasteiger partial charge in [0.15, 0.2) is 0 Å². The molecule has 2 N–H and O–H groups in total. The third-order valence-corrected chi connectivity index (χ3v) is 7.17. The number of nitrogens with zero attached hydrogens (tertiary/aromatic N) is 1. The minimum Gasteiger partial charge on any atom is -0.322 e. The molecular weight excluding hydrogens is 558 g/mol. The molecule has 4 aromatic carbocycles. The predicted octanol–water partition coefficient (Wildman–Crippen LogP) is 6.34. The largest absolute Gasteiger partial charge is 0.322 e. The first-order valence-corrected chi connectivity index (χ1v) is 13.2. The van der Waals surface area contributed by atoms with Gasteiger partial charge >= 0.3 is 0 Å². The molecule has 0 aliphatic rings. The lowest BCUT2D eigenvalue weighted by Gasteiger charge is -2.11. The number of nitrogens with one attached hydrogen (secondary N) is 2. The summed E-state index contributed by atoms with van der Waals surface area (Å²) in [6, 6.07) is 27.3. The van der Waals surface area contributed by atoms with E-state index in [1.807, 2.05) is 6.07 Å². The van der Waals surface area contributed by atoms with E-state index >= 15 is 0 Å². The highest BCUT2D eigenvalue weighted by Crippen LogP contribution is 2.24. The molecule has 10 heteroatoms. The van der Waals surface area contributed by atoms with Gasteiger partial charge in [-0.1, -0.05) is 58.4 Å². The van der Waals surface area contributed by atoms with Gasteiger partial charge in [-0.15, -0.1) is 0 Å². The van der Waals surface area contributed by atoms with E-state index in [2.05, 4.69) is 26.0 Å². The summed E-state index contributed by atoms with van der Waals surface area (Å²) in [5, 5.41) is 13.9. The second-order valence-electron chi connectivity index (χ2n) is 7.87. The number of non-ortho nitro benzene ring substituents is 1. The molecule has 4 aromatic rings. The molecule has 0 radical (unpaired) electrons. The van der Waals surface area contributed by atoms with Gasteiger partial charge in [0.1, 0.15) is 0 Å². The lowest BCUT2D eigenvalue weighted by Crippen LogP contribution is -2.15. The summed E-state index contributed by atoms with van der Waals surface area (Å²) in [6.07, 6.45) is 1.57. The van der Waals surface area contributed by atoms with Crippen LogP contribution >= 0.6 is 15.9 Å². The maximum absolute atomic E-state index is 13.2. The van der Waals surface area contributed by atoms with Gasteiger partial charge in [0, 0.05) is 33.6 Å². The van der Waals surface area contributed by atoms with Crippen LogP contribution in [0.3, 0.4) is 0 Å². The lowest BCUT2D eigenvalue weighted by molar-refractivity contribution is -0.384. The van der Waals surface area contributed by atoms with Crippen LogP contribution in [0.25, 0.3) is 11.6 Å². The van der Waals surface area contributed by atoms with Crippen molar-refractivity contribution in [1.29, 1.82) is 0 Å². The molecule has 0 spiro atoms. The summed E-state index contributed by atoms with van der Waals surface area (Å²) in [5.41, 5.74) is 2.10. The van der Waals surface area contributed by atoms with Gasteiger partial charge in [0.25, 0.3) is 21.6 Å². The van der Waals surface area contributed by atoms with Crippen molar-refractivity contribution in [3.05, 3.63) is 129 Å². The Morgan fingerprint density at radius 3 is 2.14 bits per heavy atom. The van der Waals surface area contributed by atoms with Crippen LogP contribution in [0.2, 0.25) is 0 Å². The Morgan fingerprint density at radius 1 is 0.838 bits per heavy atom. The van der Waals surface area contributed by atoms with Crippen LogP contribution < -0.4 is 10.0 Å². The molecule has 0 aliphatic carbocycles. The van der Waals surface area contributed by atoms with Crippen molar-refractivity contribution in [3.63, 3.8) is 0 Å². The molecule has 186 valence electrons. The first kappa shape index (κ1) is 25.8. The summed E-state index contributed by atoms with van der Waals surface area (Å²) in [7, 11) is -3.83. The molecule has 0 fully saturated rings. The van der Waals surface area contributed by atoms with Crippen molar-refractivity contribution < 1.29 is 18.1 Å². The van der Waals surface area contributed by atoms with Crippen LogP contribution in [0, 0.1) is 10.1 Å². The van der Waals surface area contributed by atoms with E-state index in [1.54, 1.807) is 66.7 Å². The number of halogens is 1. The molecule has 0 saturated carbocycles. The zero-order valence-electron chi connectivity index (χ0n) is 19.2. The molecule has 0 saturated heterocycles. The Bertz CT molecular complexity index is 1570. The molecule has 4 rings (SSSR count). The fourth-order valence-corrected chi connectivity index (χ4v) is 4.76. The number of carbonyl (C=O) groups excluding carboxylic acids is 1. The van der Waals surface area contributed by atoms with Gasteiger partial charge in [0.05, 0.1) is 9.82 Å². The minimum atomic E-state index is -3.83. The van der Waals surface area contributed by atoms with Crippen LogP contribution in [0.5, 0.6) is 0 Å². The van der Waals surface area contributed by atoms with Crippen LogP contribution in [0.15, 0.2) is 112 Å². The monoisotopic (exact) mass is 577 g/mol. The van der Waals surface area contributed by atoms with E-state index in [4.69, 9.17) is 0 Å². The third kappa shape index (κ3) is 6.69. The van der Waals surface area contributed by atoms with Gasteiger partial charge in [-0.2, -0.15) is 0 Å². The number of nitro groups is 1. The van der Waals surface area contributed by atoms with E-state index in [9.17, 15) is 23.3 Å². The van der Waals surface area contributed by atoms with Crippen molar-refractivity contribution >= 4 is 60.6 Å². The number of anilines is 2. The van der Waals surface area contributed by atoms with Gasteiger partial charge in [-0.3, -0.25) is 19.6 Å². The summed E-state index contributed by atoms with van der Waals surface area (Å²) in [5.74, 6) is -0.457. The SMILES string of the molecule is O=C(Nc1ccc(S(=O)(=O)Nc2ccc(Br)cc2)cc1)/C(=C/c1cccc([N+](=O)[O-])c1)c1ccccc1. The fraction of sp³-hybridized carbons (Fsp3) is 0. The molecule has 1 amide bonds. The highest BCUT2D eigenvalue weighted by Gasteiger charge is 2.16. The first-order chi connectivity index (χ1) is 17.7. The van der Waals surface area contributed by atoms with Crippen molar-refractivity contribution in [2.24, 2.45) is 0 Å². The maximum Gasteiger partial charge on any atom is 0.270 e. The summed E-state index contributed by atoms with van der Waals surface area (Å²) in [6.45, 7) is 0. The van der Waals surface area contributed by atoms with Crippen molar-refractivity contribution in [1.82, 2.24) is 0 Å². The number of rotatable bonds is 8. The predicted molar refractivity (Wildman–Crippen MR) is 147 cm³/mol. The zero-order valence-corrected chi connectivity index (χ0v) is 21.6. The number of carbonyl (C=O) groups is 1. The number of sulfonamides is 1. The molecular formula is C27H20BrN3O5S. The molecule has 0 bridgehead atoms. The van der Waals surface area contributed by atoms with E-state index in [0.717, 1.165) is 4.47 Å². The molecule has 0 atom stereocenters. The lowest BCUT2D eigenvalue weighted by atomic mass is 10.0. The molecule has 8 nitrogen and oxygen atoms in total. The van der Waals surface area contributed by atoms with Gasteiger partial charge in [-0.25, -0.2) is 8.42 Å². The van der Waals surface area contributed by atoms with Crippen LogP contribution in [-0.4, -0.2) is 19.2 Å². The summed E-state index contributed by atoms with van der Waals surface area (Å²) < 4.78 is 28.8. The van der Waals surface area contributed by atoms with Gasteiger partial charge in [-0.05, 0) is 65.7 Å². The number of hydrogen-bond donors (Lipinski definition) is 2. The van der Waals surface area contributed by atoms with Crippen LogP contribution in [0.4, 0.5) is 17.1 Å². The number of hydrogen-bond acceptors (Lipinski definition) is 5. The van der Waals surface area contributed by atoms with E-state index < -0.39 is 20.9 Å². The highest BCUT2D eigenvalue weighted by atomic mass is 79.9. The summed E-state index contributed by atoms with van der Waals surface area (Å²) >= 11 is 3.31. The Balaban J connectivity index is 1.57. The first-order valence-electron chi connectivity index (χ1n) is 10.9. The number of benzene rings is 4. The van der Waals surface area contributed by atoms with Crippen LogP contribution in [0.1, 0.15) is 11.1 Å². The highest BCUT2D eigenvalue weighted by molar-refractivity contribution is 9.10. The quantitative estimate of drug-likeness (QED) is 0.110. The number of nitro benzene ring substituents is 1. The summed E-state index contributed by atoms with van der Waals surface area (Å²) in [4.78, 5) is 23.9. The smallest absolute Gasteiger partial charge is 0.270 e. The van der Waals surface area contributed by atoms with Crippen molar-refractivity contribution in [2.45, 2.75) is 4.90 Å². The Hall–Kier alpha value is -4.28. The van der Waals surface area contributed by atoms with Crippen molar-refractivity contribution in [3.8, 4) is 0 Å². The van der Waals surface area contributed by atoms with Gasteiger partial charge < -0.3 is 5.32 Å². The Kier molecular flexibility index (Phi) is 7.80. The molecule has 0 aromatic heterocycles. The standard InChI is InChI=1S/C27H20BrN3O5S/c28-21-9-11-23(12-10-21)30-37(35,36)25-15-13-22(14-16-25)29-27(32)26(20-6-2-1-3-7-20)18-19-5-4-8-24(17-19)31(33)34/h1-18,30H,(H,29,32)/b26-18+. The van der Waals surface area contributed by atoms with E-state index in [0.29, 0.717) is 22.5 Å². The van der Waals surface area contributed by atoms with Crippen LogP contribution in [-0.2, 0) is 14.8 Å². The Morgan fingerprint density at radius 2 is 1.49 bits per heavy atom. The van der Waals surface area contributed by atoms with Gasteiger partial charge in [0.2, 0.25) is 0 Å². The normalized spacial score (nSPS) is 11.5.